The average molecular weight is 300 g/mol. The van der Waals surface area contributed by atoms with E-state index < -0.39 is 11.9 Å². The summed E-state index contributed by atoms with van der Waals surface area (Å²) in [7, 11) is 0. The van der Waals surface area contributed by atoms with Crippen LogP contribution in [0, 0.1) is 11.8 Å². The zero-order valence-corrected chi connectivity index (χ0v) is 13.5. The second-order valence-electron chi connectivity index (χ2n) is 6.47. The van der Waals surface area contributed by atoms with E-state index in [1.807, 2.05) is 20.8 Å². The predicted octanol–water partition coefficient (Wildman–Crippen LogP) is 1.94. The Bertz CT molecular complexity index is 371. The second-order valence-corrected chi connectivity index (χ2v) is 6.47. The number of urea groups is 1. The van der Waals surface area contributed by atoms with E-state index in [0.29, 0.717) is 26.1 Å². The minimum atomic E-state index is -0.827. The highest BCUT2D eigenvalue weighted by Gasteiger charge is 2.31. The smallest absolute Gasteiger partial charge is 0.317 e. The fraction of sp³-hybridized carbons (Fsp3) is 0.867. The summed E-state index contributed by atoms with van der Waals surface area (Å²) in [6.07, 6.45) is 1.54. The van der Waals surface area contributed by atoms with Crippen LogP contribution < -0.4 is 5.32 Å². The van der Waals surface area contributed by atoms with E-state index in [-0.39, 0.29) is 24.1 Å². The molecule has 122 valence electrons. The van der Waals surface area contributed by atoms with E-state index in [1.54, 1.807) is 4.90 Å². The highest BCUT2D eigenvalue weighted by Crippen LogP contribution is 2.21. The zero-order chi connectivity index (χ0) is 16.0. The molecule has 1 aliphatic heterocycles. The molecule has 21 heavy (non-hydrogen) atoms. The third-order valence-corrected chi connectivity index (χ3v) is 4.02. The minimum Gasteiger partial charge on any atom is -0.481 e. The van der Waals surface area contributed by atoms with Gasteiger partial charge < -0.3 is 20.1 Å². The number of rotatable bonds is 6. The van der Waals surface area contributed by atoms with Gasteiger partial charge in [-0.15, -0.1) is 0 Å². The van der Waals surface area contributed by atoms with Crippen LogP contribution >= 0.6 is 0 Å². The van der Waals surface area contributed by atoms with Gasteiger partial charge in [-0.05, 0) is 32.6 Å². The molecule has 2 atom stereocenters. The number of aliphatic carboxylic acids is 1. The number of amides is 2. The van der Waals surface area contributed by atoms with Gasteiger partial charge >= 0.3 is 12.0 Å². The largest absolute Gasteiger partial charge is 0.481 e. The fourth-order valence-electron chi connectivity index (χ4n) is 2.40. The molecule has 1 aliphatic rings. The van der Waals surface area contributed by atoms with Crippen molar-refractivity contribution >= 4 is 12.0 Å². The quantitative estimate of drug-likeness (QED) is 0.735. The first kappa shape index (κ1) is 17.8. The highest BCUT2D eigenvalue weighted by atomic mass is 16.5. The monoisotopic (exact) mass is 300 g/mol. The van der Waals surface area contributed by atoms with E-state index >= 15 is 0 Å². The Morgan fingerprint density at radius 1 is 1.38 bits per heavy atom. The van der Waals surface area contributed by atoms with Crippen molar-refractivity contribution < 1.29 is 19.4 Å². The molecule has 2 unspecified atom stereocenters. The molecule has 0 aliphatic carbocycles. The first-order chi connectivity index (χ1) is 9.75. The molecule has 0 radical (unpaired) electrons. The predicted molar refractivity (Wildman–Crippen MR) is 80.2 cm³/mol. The molecule has 0 aromatic rings. The maximum Gasteiger partial charge on any atom is 0.317 e. The number of nitrogens with zero attached hydrogens (tertiary/aromatic N) is 1. The van der Waals surface area contributed by atoms with E-state index in [9.17, 15) is 9.59 Å². The number of carbonyl (C=O) groups excluding carboxylic acids is 1. The maximum absolute atomic E-state index is 12.1. The standard InChI is InChI=1S/C15H28N2O4/c1-5-15(3,4)21-7-6-16-14(20)17-9-11(2)8-12(10-17)13(18)19/h11-12H,5-10H2,1-4H3,(H,16,20)(H,18,19). The Hall–Kier alpha value is -1.30. The summed E-state index contributed by atoms with van der Waals surface area (Å²) < 4.78 is 5.67. The molecule has 0 saturated carbocycles. The topological polar surface area (TPSA) is 78.9 Å². The summed E-state index contributed by atoms with van der Waals surface area (Å²) in [5.41, 5.74) is -0.182. The molecular weight excluding hydrogens is 272 g/mol. The Morgan fingerprint density at radius 2 is 2.05 bits per heavy atom. The number of carbonyl (C=O) groups is 2. The van der Waals surface area contributed by atoms with Crippen molar-refractivity contribution in [3.8, 4) is 0 Å². The van der Waals surface area contributed by atoms with Crippen molar-refractivity contribution in [2.75, 3.05) is 26.2 Å². The SMILES string of the molecule is CCC(C)(C)OCCNC(=O)N1CC(C)CC(C(=O)O)C1. The molecule has 2 N–H and O–H groups in total. The first-order valence-electron chi connectivity index (χ1n) is 7.64. The van der Waals surface area contributed by atoms with E-state index in [0.717, 1.165) is 6.42 Å². The molecule has 0 bridgehead atoms. The van der Waals surface area contributed by atoms with Crippen molar-refractivity contribution in [3.05, 3.63) is 0 Å². The van der Waals surface area contributed by atoms with Gasteiger partial charge in [0.15, 0.2) is 0 Å². The molecule has 1 heterocycles. The number of hydrogen-bond donors (Lipinski definition) is 2. The number of piperidine rings is 1. The number of nitrogens with one attached hydrogen (secondary N) is 1. The summed E-state index contributed by atoms with van der Waals surface area (Å²) in [6, 6.07) is -0.203. The molecule has 0 aromatic carbocycles. The van der Waals surface area contributed by atoms with E-state index in [4.69, 9.17) is 9.84 Å². The second kappa shape index (κ2) is 7.64. The average Bonchev–Trinajstić information content (AvgIpc) is 2.42. The summed E-state index contributed by atoms with van der Waals surface area (Å²) in [5.74, 6) is -1.08. The van der Waals surface area contributed by atoms with Crippen LogP contribution in [0.2, 0.25) is 0 Å². The number of carboxylic acid groups (broad SMARTS) is 1. The summed E-state index contributed by atoms with van der Waals surface area (Å²) >= 11 is 0. The molecule has 6 nitrogen and oxygen atoms in total. The normalized spacial score (nSPS) is 23.0. The lowest BCUT2D eigenvalue weighted by atomic mass is 9.91. The number of carboxylic acids is 1. The van der Waals surface area contributed by atoms with Crippen LogP contribution in [0.4, 0.5) is 4.79 Å². The third kappa shape index (κ3) is 5.91. The fourth-order valence-corrected chi connectivity index (χ4v) is 2.40. The highest BCUT2D eigenvalue weighted by molar-refractivity contribution is 5.76. The maximum atomic E-state index is 12.1. The number of likely N-dealkylation sites (tertiary alicyclic amines) is 1. The molecule has 1 rings (SSSR count). The van der Waals surface area contributed by atoms with Crippen LogP contribution in [0.5, 0.6) is 0 Å². The van der Waals surface area contributed by atoms with Gasteiger partial charge in [-0.1, -0.05) is 13.8 Å². The Balaban J connectivity index is 2.36. The Morgan fingerprint density at radius 3 is 2.62 bits per heavy atom. The third-order valence-electron chi connectivity index (χ3n) is 4.02. The van der Waals surface area contributed by atoms with Crippen LogP contribution in [0.25, 0.3) is 0 Å². The lowest BCUT2D eigenvalue weighted by Gasteiger charge is -2.34. The summed E-state index contributed by atoms with van der Waals surface area (Å²) in [5, 5.41) is 11.9. The number of ether oxygens (including phenoxy) is 1. The zero-order valence-electron chi connectivity index (χ0n) is 13.5. The Labute approximate surface area is 126 Å². The minimum absolute atomic E-state index is 0.182. The van der Waals surface area contributed by atoms with Gasteiger partial charge in [0, 0.05) is 19.6 Å². The molecule has 6 heteroatoms. The van der Waals surface area contributed by atoms with Gasteiger partial charge in [0.25, 0.3) is 0 Å². The van der Waals surface area contributed by atoms with E-state index in [1.165, 1.54) is 0 Å². The van der Waals surface area contributed by atoms with Crippen molar-refractivity contribution in [1.29, 1.82) is 0 Å². The van der Waals surface area contributed by atoms with Gasteiger partial charge in [-0.3, -0.25) is 4.79 Å². The van der Waals surface area contributed by atoms with Gasteiger partial charge in [0.1, 0.15) is 0 Å². The van der Waals surface area contributed by atoms with E-state index in [2.05, 4.69) is 12.2 Å². The van der Waals surface area contributed by atoms with Crippen molar-refractivity contribution in [2.45, 2.75) is 46.1 Å². The van der Waals surface area contributed by atoms with Crippen LogP contribution in [-0.4, -0.2) is 53.8 Å². The molecular formula is C15H28N2O4. The van der Waals surface area contributed by atoms with Gasteiger partial charge in [-0.25, -0.2) is 4.79 Å². The summed E-state index contributed by atoms with van der Waals surface area (Å²) in [6.45, 7) is 9.84. The lowest BCUT2D eigenvalue weighted by Crippen LogP contribution is -2.50. The molecule has 0 aromatic heterocycles. The first-order valence-corrected chi connectivity index (χ1v) is 7.64. The van der Waals surface area contributed by atoms with Crippen LogP contribution in [0.15, 0.2) is 0 Å². The number of hydrogen-bond acceptors (Lipinski definition) is 3. The molecule has 2 amide bonds. The van der Waals surface area contributed by atoms with Gasteiger partial charge in [0.05, 0.1) is 18.1 Å². The summed E-state index contributed by atoms with van der Waals surface area (Å²) in [4.78, 5) is 24.8. The molecule has 1 saturated heterocycles. The van der Waals surface area contributed by atoms with Crippen molar-refractivity contribution in [3.63, 3.8) is 0 Å². The van der Waals surface area contributed by atoms with Gasteiger partial charge in [0.2, 0.25) is 0 Å². The lowest BCUT2D eigenvalue weighted by molar-refractivity contribution is -0.143. The molecule has 1 fully saturated rings. The molecule has 0 spiro atoms. The Kier molecular flexibility index (Phi) is 6.45. The van der Waals surface area contributed by atoms with Crippen LogP contribution in [0.1, 0.15) is 40.5 Å². The van der Waals surface area contributed by atoms with Crippen molar-refractivity contribution in [1.82, 2.24) is 10.2 Å². The van der Waals surface area contributed by atoms with Crippen LogP contribution in [-0.2, 0) is 9.53 Å². The van der Waals surface area contributed by atoms with Crippen molar-refractivity contribution in [2.24, 2.45) is 11.8 Å². The van der Waals surface area contributed by atoms with Crippen LogP contribution in [0.3, 0.4) is 0 Å². The van der Waals surface area contributed by atoms with Gasteiger partial charge in [-0.2, -0.15) is 0 Å².